The number of carbonyl (C=O) groups is 1. The number of benzene rings is 1. The molecule has 0 amide bonds. The molecule has 0 radical (unpaired) electrons. The molecule has 1 heterocycles. The molecule has 2 rings (SSSR count). The van der Waals surface area contributed by atoms with Crippen molar-refractivity contribution in [2.24, 2.45) is 5.73 Å². The van der Waals surface area contributed by atoms with Crippen LogP contribution in [0.1, 0.15) is 12.5 Å². The van der Waals surface area contributed by atoms with Crippen molar-refractivity contribution in [1.29, 1.82) is 0 Å². The fourth-order valence-electron chi connectivity index (χ4n) is 2.40. The molecule has 5 nitrogen and oxygen atoms in total. The van der Waals surface area contributed by atoms with Crippen LogP contribution in [0.15, 0.2) is 22.7 Å². The van der Waals surface area contributed by atoms with Crippen molar-refractivity contribution in [2.45, 2.75) is 19.4 Å². The van der Waals surface area contributed by atoms with Gasteiger partial charge in [-0.15, -0.1) is 0 Å². The van der Waals surface area contributed by atoms with Crippen molar-refractivity contribution < 1.29 is 14.3 Å². The lowest BCUT2D eigenvalue weighted by Gasteiger charge is -2.31. The summed E-state index contributed by atoms with van der Waals surface area (Å²) in [7, 11) is 0. The zero-order valence-corrected chi connectivity index (χ0v) is 13.8. The van der Waals surface area contributed by atoms with Gasteiger partial charge in [0.25, 0.3) is 0 Å². The molecule has 1 unspecified atom stereocenters. The third kappa shape index (κ3) is 4.43. The van der Waals surface area contributed by atoms with E-state index in [9.17, 15) is 4.79 Å². The van der Waals surface area contributed by atoms with Gasteiger partial charge in [-0.05, 0) is 30.7 Å². The van der Waals surface area contributed by atoms with E-state index in [1.807, 2.05) is 12.1 Å². The molecular weight excluding hydrogens is 336 g/mol. The van der Waals surface area contributed by atoms with Gasteiger partial charge >= 0.3 is 5.97 Å². The fraction of sp³-hybridized carbons (Fsp3) is 0.533. The monoisotopic (exact) mass is 356 g/mol. The molecule has 21 heavy (non-hydrogen) atoms. The summed E-state index contributed by atoms with van der Waals surface area (Å²) < 4.78 is 11.3. The second-order valence-electron chi connectivity index (χ2n) is 4.94. The Kier molecular flexibility index (Phi) is 6.02. The molecule has 2 N–H and O–H groups in total. The lowest BCUT2D eigenvalue weighted by atomic mass is 10.0. The lowest BCUT2D eigenvalue weighted by Crippen LogP contribution is -2.38. The number of morpholine rings is 1. The maximum Gasteiger partial charge on any atom is 0.323 e. The smallest absolute Gasteiger partial charge is 0.323 e. The van der Waals surface area contributed by atoms with Gasteiger partial charge in [-0.2, -0.15) is 0 Å². The second kappa shape index (κ2) is 7.77. The van der Waals surface area contributed by atoms with E-state index in [1.165, 1.54) is 0 Å². The van der Waals surface area contributed by atoms with Crippen LogP contribution in [0, 0.1) is 0 Å². The first kappa shape index (κ1) is 16.3. The molecule has 1 saturated heterocycles. The molecule has 0 bridgehead atoms. The minimum Gasteiger partial charge on any atom is -0.465 e. The zero-order valence-electron chi connectivity index (χ0n) is 12.2. The van der Waals surface area contributed by atoms with Gasteiger partial charge in [0.15, 0.2) is 0 Å². The van der Waals surface area contributed by atoms with Crippen molar-refractivity contribution in [3.05, 3.63) is 28.2 Å². The van der Waals surface area contributed by atoms with Crippen molar-refractivity contribution in [3.8, 4) is 0 Å². The maximum atomic E-state index is 11.7. The van der Waals surface area contributed by atoms with E-state index in [1.54, 1.807) is 6.92 Å². The predicted molar refractivity (Wildman–Crippen MR) is 85.5 cm³/mol. The molecule has 1 aromatic carbocycles. The zero-order chi connectivity index (χ0) is 15.2. The number of halogens is 1. The quantitative estimate of drug-likeness (QED) is 0.813. The first-order valence-electron chi connectivity index (χ1n) is 7.15. The molecule has 1 aliphatic rings. The normalized spacial score (nSPS) is 16.6. The van der Waals surface area contributed by atoms with Crippen LogP contribution in [0.2, 0.25) is 0 Å². The van der Waals surface area contributed by atoms with Crippen LogP contribution < -0.4 is 10.6 Å². The van der Waals surface area contributed by atoms with Gasteiger partial charge in [0.2, 0.25) is 0 Å². The molecule has 1 fully saturated rings. The standard InChI is InChI=1S/C15H21BrN2O3/c1-2-21-15(19)13(17)10-11-9-12(16)3-4-14(11)18-5-7-20-8-6-18/h3-4,9,13H,2,5-8,10,17H2,1H3. The number of nitrogens with two attached hydrogens (primary N) is 1. The Labute approximate surface area is 133 Å². The number of hydrogen-bond acceptors (Lipinski definition) is 5. The summed E-state index contributed by atoms with van der Waals surface area (Å²) in [4.78, 5) is 14.0. The third-order valence-corrected chi connectivity index (χ3v) is 3.92. The fourth-order valence-corrected chi connectivity index (χ4v) is 2.81. The number of hydrogen-bond donors (Lipinski definition) is 1. The van der Waals surface area contributed by atoms with Crippen LogP contribution in [0.3, 0.4) is 0 Å². The Hall–Kier alpha value is -1.11. The Bertz CT molecular complexity index is 490. The van der Waals surface area contributed by atoms with Crippen LogP contribution in [0.4, 0.5) is 5.69 Å². The van der Waals surface area contributed by atoms with Crippen LogP contribution >= 0.6 is 15.9 Å². The molecule has 1 atom stereocenters. The Morgan fingerprint density at radius 3 is 2.86 bits per heavy atom. The molecule has 1 aromatic rings. The Morgan fingerprint density at radius 2 is 2.19 bits per heavy atom. The molecular formula is C15H21BrN2O3. The second-order valence-corrected chi connectivity index (χ2v) is 5.85. The molecule has 0 spiro atoms. The van der Waals surface area contributed by atoms with Gasteiger partial charge in [-0.1, -0.05) is 15.9 Å². The summed E-state index contributed by atoms with van der Waals surface area (Å²) in [5, 5.41) is 0. The van der Waals surface area contributed by atoms with Gasteiger partial charge in [0.05, 0.1) is 19.8 Å². The highest BCUT2D eigenvalue weighted by molar-refractivity contribution is 9.10. The van der Waals surface area contributed by atoms with Gasteiger partial charge in [-0.3, -0.25) is 4.79 Å². The first-order valence-corrected chi connectivity index (χ1v) is 7.94. The van der Waals surface area contributed by atoms with E-state index in [-0.39, 0.29) is 5.97 Å². The predicted octanol–water partition coefficient (Wildman–Crippen LogP) is 1.72. The largest absolute Gasteiger partial charge is 0.465 e. The molecule has 0 aromatic heterocycles. The highest BCUT2D eigenvalue weighted by atomic mass is 79.9. The average molecular weight is 357 g/mol. The highest BCUT2D eigenvalue weighted by Crippen LogP contribution is 2.26. The summed E-state index contributed by atoms with van der Waals surface area (Å²) in [6.07, 6.45) is 0.463. The molecule has 116 valence electrons. The van der Waals surface area contributed by atoms with Gasteiger partial charge in [-0.25, -0.2) is 0 Å². The average Bonchev–Trinajstić information content (AvgIpc) is 2.48. The van der Waals surface area contributed by atoms with Gasteiger partial charge in [0.1, 0.15) is 6.04 Å². The molecule has 1 aliphatic heterocycles. The SMILES string of the molecule is CCOC(=O)C(N)Cc1cc(Br)ccc1N1CCOCC1. The van der Waals surface area contributed by atoms with E-state index in [0.717, 1.165) is 42.0 Å². The first-order chi connectivity index (χ1) is 10.1. The molecule has 0 aliphatic carbocycles. The van der Waals surface area contributed by atoms with Gasteiger partial charge < -0.3 is 20.1 Å². The van der Waals surface area contributed by atoms with Gasteiger partial charge in [0, 0.05) is 29.7 Å². The molecule has 6 heteroatoms. The topological polar surface area (TPSA) is 64.8 Å². The van der Waals surface area contributed by atoms with Crippen LogP contribution in [0.5, 0.6) is 0 Å². The van der Waals surface area contributed by atoms with Crippen LogP contribution in [0.25, 0.3) is 0 Å². The van der Waals surface area contributed by atoms with Crippen molar-refractivity contribution in [3.63, 3.8) is 0 Å². The summed E-state index contributed by atoms with van der Waals surface area (Å²) in [5.41, 5.74) is 8.11. The summed E-state index contributed by atoms with van der Waals surface area (Å²) in [6, 6.07) is 5.44. The number of nitrogens with zero attached hydrogens (tertiary/aromatic N) is 1. The van der Waals surface area contributed by atoms with Crippen LogP contribution in [-0.2, 0) is 20.7 Å². The van der Waals surface area contributed by atoms with Crippen molar-refractivity contribution >= 4 is 27.6 Å². The minimum atomic E-state index is -0.640. The number of rotatable bonds is 5. The van der Waals surface area contributed by atoms with E-state index in [0.29, 0.717) is 13.0 Å². The summed E-state index contributed by atoms with van der Waals surface area (Å²) in [6.45, 7) is 5.27. The lowest BCUT2D eigenvalue weighted by molar-refractivity contribution is -0.144. The number of esters is 1. The molecule has 0 saturated carbocycles. The van der Waals surface area contributed by atoms with E-state index in [4.69, 9.17) is 15.2 Å². The maximum absolute atomic E-state index is 11.7. The highest BCUT2D eigenvalue weighted by Gasteiger charge is 2.20. The Morgan fingerprint density at radius 1 is 1.48 bits per heavy atom. The summed E-state index contributed by atoms with van der Waals surface area (Å²) in [5.74, 6) is -0.356. The van der Waals surface area contributed by atoms with E-state index in [2.05, 4.69) is 26.9 Å². The van der Waals surface area contributed by atoms with Crippen molar-refractivity contribution in [2.75, 3.05) is 37.8 Å². The van der Waals surface area contributed by atoms with E-state index >= 15 is 0 Å². The number of ether oxygens (including phenoxy) is 2. The minimum absolute atomic E-state index is 0.349. The van der Waals surface area contributed by atoms with E-state index < -0.39 is 6.04 Å². The van der Waals surface area contributed by atoms with Crippen molar-refractivity contribution in [1.82, 2.24) is 0 Å². The van der Waals surface area contributed by atoms with Crippen LogP contribution in [-0.4, -0.2) is 44.9 Å². The number of carbonyl (C=O) groups excluding carboxylic acids is 1. The Balaban J connectivity index is 2.16. The third-order valence-electron chi connectivity index (χ3n) is 3.42. The summed E-state index contributed by atoms with van der Waals surface area (Å²) >= 11 is 3.48. The number of anilines is 1.